The summed E-state index contributed by atoms with van der Waals surface area (Å²) in [5.74, 6) is 0.890. The molecule has 1 fully saturated rings. The second kappa shape index (κ2) is 4.48. The highest BCUT2D eigenvalue weighted by atomic mass is 35.5. The van der Waals surface area contributed by atoms with Gasteiger partial charge in [0.1, 0.15) is 5.15 Å². The van der Waals surface area contributed by atoms with Crippen LogP contribution in [0.2, 0.25) is 5.15 Å². The maximum Gasteiger partial charge on any atom is 0.110 e. The number of aliphatic hydroxyl groups is 1. The van der Waals surface area contributed by atoms with Gasteiger partial charge in [-0.15, -0.1) is 0 Å². The Morgan fingerprint density at radius 2 is 2.30 bits per heavy atom. The van der Waals surface area contributed by atoms with Crippen LogP contribution in [0.5, 0.6) is 0 Å². The van der Waals surface area contributed by atoms with Gasteiger partial charge in [0.2, 0.25) is 0 Å². The fourth-order valence-electron chi connectivity index (χ4n) is 4.23. The van der Waals surface area contributed by atoms with Gasteiger partial charge in [-0.3, -0.25) is 0 Å². The largest absolute Gasteiger partial charge is 0.396 e. The SMILES string of the molecule is CN1C[C@@H](CO)C[C@@H]2c3cccc4[nH]c(Cl)c(c34)C[C@H]21. The summed E-state index contributed by atoms with van der Waals surface area (Å²) in [5, 5.41) is 11.7. The standard InChI is InChI=1S/C16H19ClN2O/c1-19-7-9(8-20)5-11-10-3-2-4-13-15(10)12(6-14(11)19)16(17)18-13/h2-4,9,11,14,18,20H,5-8H2,1H3/t9-,11+,14+/m0/s1. The molecule has 4 rings (SSSR count). The lowest BCUT2D eigenvalue weighted by Gasteiger charge is -2.45. The predicted molar refractivity (Wildman–Crippen MR) is 81.4 cm³/mol. The molecule has 0 saturated carbocycles. The molecular weight excluding hydrogens is 272 g/mol. The van der Waals surface area contributed by atoms with Crippen molar-refractivity contribution in [1.29, 1.82) is 0 Å². The Hall–Kier alpha value is -1.03. The molecular formula is C16H19ClN2O. The molecule has 4 heteroatoms. The summed E-state index contributed by atoms with van der Waals surface area (Å²) in [5.41, 5.74) is 3.82. The number of piperidine rings is 1. The maximum atomic E-state index is 9.54. The lowest BCUT2D eigenvalue weighted by atomic mass is 9.72. The molecule has 20 heavy (non-hydrogen) atoms. The Labute approximate surface area is 123 Å². The number of H-pyrrole nitrogens is 1. The molecule has 1 aliphatic heterocycles. The third-order valence-corrected chi connectivity index (χ3v) is 5.47. The molecule has 0 spiro atoms. The van der Waals surface area contributed by atoms with Crippen LogP contribution >= 0.6 is 11.6 Å². The van der Waals surface area contributed by atoms with Crippen LogP contribution in [0.1, 0.15) is 23.5 Å². The zero-order valence-electron chi connectivity index (χ0n) is 11.6. The molecule has 1 aromatic carbocycles. The van der Waals surface area contributed by atoms with Crippen molar-refractivity contribution in [2.45, 2.75) is 24.8 Å². The quantitative estimate of drug-likeness (QED) is 0.848. The van der Waals surface area contributed by atoms with E-state index in [4.69, 9.17) is 11.6 Å². The number of likely N-dealkylation sites (N-methyl/N-ethyl adjacent to an activating group) is 1. The van der Waals surface area contributed by atoms with Gasteiger partial charge in [-0.05, 0) is 43.0 Å². The van der Waals surface area contributed by atoms with Gasteiger partial charge < -0.3 is 15.0 Å². The van der Waals surface area contributed by atoms with Gasteiger partial charge in [-0.2, -0.15) is 0 Å². The topological polar surface area (TPSA) is 39.3 Å². The number of likely N-dealkylation sites (tertiary alicyclic amines) is 1. The van der Waals surface area contributed by atoms with Crippen molar-refractivity contribution in [3.05, 3.63) is 34.5 Å². The zero-order valence-corrected chi connectivity index (χ0v) is 12.3. The number of nitrogens with one attached hydrogen (secondary N) is 1. The van der Waals surface area contributed by atoms with Gasteiger partial charge in [0.05, 0.1) is 0 Å². The lowest BCUT2D eigenvalue weighted by molar-refractivity contribution is 0.0772. The van der Waals surface area contributed by atoms with Gasteiger partial charge in [0, 0.05) is 36.0 Å². The second-order valence-electron chi connectivity index (χ2n) is 6.29. The molecule has 0 amide bonds. The minimum atomic E-state index is 0.282. The molecule has 1 aromatic heterocycles. The van der Waals surface area contributed by atoms with E-state index in [1.165, 1.54) is 16.5 Å². The first-order valence-electron chi connectivity index (χ1n) is 7.29. The predicted octanol–water partition coefficient (Wildman–Crippen LogP) is 2.77. The van der Waals surface area contributed by atoms with Crippen LogP contribution in [0.4, 0.5) is 0 Å². The first kappa shape index (κ1) is 12.7. The number of rotatable bonds is 1. The minimum absolute atomic E-state index is 0.282. The molecule has 2 heterocycles. The first-order valence-corrected chi connectivity index (χ1v) is 7.67. The van der Waals surface area contributed by atoms with Crippen LogP contribution in [0.25, 0.3) is 10.9 Å². The van der Waals surface area contributed by atoms with Crippen molar-refractivity contribution in [2.75, 3.05) is 20.2 Å². The molecule has 106 valence electrons. The minimum Gasteiger partial charge on any atom is -0.396 e. The van der Waals surface area contributed by atoms with Crippen molar-refractivity contribution < 1.29 is 5.11 Å². The van der Waals surface area contributed by atoms with Crippen LogP contribution in [0.3, 0.4) is 0 Å². The summed E-state index contributed by atoms with van der Waals surface area (Å²) in [6, 6.07) is 6.95. The third kappa shape index (κ3) is 1.67. The van der Waals surface area contributed by atoms with E-state index in [1.807, 2.05) is 0 Å². The number of benzene rings is 1. The normalized spacial score (nSPS) is 29.6. The van der Waals surface area contributed by atoms with Gasteiger partial charge in [-0.25, -0.2) is 0 Å². The second-order valence-corrected chi connectivity index (χ2v) is 6.67. The van der Waals surface area contributed by atoms with E-state index in [9.17, 15) is 5.11 Å². The maximum absolute atomic E-state index is 9.54. The summed E-state index contributed by atoms with van der Waals surface area (Å²) < 4.78 is 0. The molecule has 3 nitrogen and oxygen atoms in total. The van der Waals surface area contributed by atoms with Crippen LogP contribution < -0.4 is 0 Å². The van der Waals surface area contributed by atoms with E-state index in [-0.39, 0.29) is 6.61 Å². The smallest absolute Gasteiger partial charge is 0.110 e. The van der Waals surface area contributed by atoms with E-state index >= 15 is 0 Å². The molecule has 0 unspecified atom stereocenters. The average molecular weight is 291 g/mol. The van der Waals surface area contributed by atoms with Crippen LogP contribution in [-0.4, -0.2) is 41.2 Å². The van der Waals surface area contributed by atoms with E-state index < -0.39 is 0 Å². The molecule has 0 bridgehead atoms. The monoisotopic (exact) mass is 290 g/mol. The Morgan fingerprint density at radius 3 is 3.10 bits per heavy atom. The van der Waals surface area contributed by atoms with Crippen molar-refractivity contribution in [3.8, 4) is 0 Å². The summed E-state index contributed by atoms with van der Waals surface area (Å²) >= 11 is 6.39. The number of aromatic nitrogens is 1. The number of nitrogens with zero attached hydrogens (tertiary/aromatic N) is 1. The van der Waals surface area contributed by atoms with Crippen molar-refractivity contribution in [3.63, 3.8) is 0 Å². The summed E-state index contributed by atoms with van der Waals surface area (Å²) in [6.45, 7) is 1.26. The number of hydrogen-bond acceptors (Lipinski definition) is 2. The van der Waals surface area contributed by atoms with Crippen LogP contribution in [0.15, 0.2) is 18.2 Å². The first-order chi connectivity index (χ1) is 9.69. The van der Waals surface area contributed by atoms with E-state index in [2.05, 4.69) is 35.1 Å². The molecule has 2 aromatic rings. The van der Waals surface area contributed by atoms with Crippen LogP contribution in [0, 0.1) is 5.92 Å². The van der Waals surface area contributed by atoms with Crippen LogP contribution in [-0.2, 0) is 6.42 Å². The fraction of sp³-hybridized carbons (Fsp3) is 0.500. The van der Waals surface area contributed by atoms with E-state index in [0.717, 1.165) is 30.1 Å². The van der Waals surface area contributed by atoms with Crippen molar-refractivity contribution in [1.82, 2.24) is 9.88 Å². The molecule has 0 radical (unpaired) electrons. The summed E-state index contributed by atoms with van der Waals surface area (Å²) in [6.07, 6.45) is 2.09. The summed E-state index contributed by atoms with van der Waals surface area (Å²) in [7, 11) is 2.17. The number of halogens is 1. The molecule has 1 aliphatic carbocycles. The number of aromatic amines is 1. The molecule has 2 N–H and O–H groups in total. The fourth-order valence-corrected chi connectivity index (χ4v) is 4.50. The average Bonchev–Trinajstić information content (AvgIpc) is 2.77. The highest BCUT2D eigenvalue weighted by Gasteiger charge is 2.39. The third-order valence-electron chi connectivity index (χ3n) is 5.14. The molecule has 3 atom stereocenters. The Bertz CT molecular complexity index is 666. The summed E-state index contributed by atoms with van der Waals surface area (Å²) in [4.78, 5) is 5.71. The highest BCUT2D eigenvalue weighted by molar-refractivity contribution is 6.32. The number of fused-ring (bicyclic) bond motifs is 2. The van der Waals surface area contributed by atoms with Gasteiger partial charge in [0.15, 0.2) is 0 Å². The van der Waals surface area contributed by atoms with Gasteiger partial charge in [0.25, 0.3) is 0 Å². The van der Waals surface area contributed by atoms with Gasteiger partial charge in [-0.1, -0.05) is 23.7 Å². The lowest BCUT2D eigenvalue weighted by Crippen LogP contribution is -2.48. The number of aliphatic hydroxyl groups excluding tert-OH is 1. The van der Waals surface area contributed by atoms with Crippen molar-refractivity contribution in [2.24, 2.45) is 5.92 Å². The molecule has 2 aliphatic rings. The highest BCUT2D eigenvalue weighted by Crippen LogP contribution is 2.45. The number of hydrogen-bond donors (Lipinski definition) is 2. The Kier molecular flexibility index (Phi) is 2.85. The van der Waals surface area contributed by atoms with E-state index in [1.54, 1.807) is 0 Å². The Balaban J connectivity index is 1.89. The molecule has 1 saturated heterocycles. The van der Waals surface area contributed by atoms with E-state index in [0.29, 0.717) is 17.9 Å². The van der Waals surface area contributed by atoms with Gasteiger partial charge >= 0.3 is 0 Å². The Morgan fingerprint density at radius 1 is 1.45 bits per heavy atom. The zero-order chi connectivity index (χ0) is 13.9. The van der Waals surface area contributed by atoms with Crippen molar-refractivity contribution >= 4 is 22.5 Å².